The Bertz CT molecular complexity index is 1700. The standard InChI is InChI=1S/C22H27N5O10S3/c1-14-11-18(23)21(37-9-2-10-38(28,29)30)13-20(14)27-26-19-8-5-16(12-22(19)40(34,35)36)25-24-15-3-6-17(7-4-15)39(31,32)33/h3-8,11-13,24-27H,2,9-10,23H2,1H3,(H,28,29,30)(H,31,32,33)(H,34,35,36). The molecule has 0 bridgehead atoms. The van der Waals surface area contributed by atoms with E-state index in [2.05, 4.69) is 21.7 Å². The van der Waals surface area contributed by atoms with Crippen LogP contribution in [-0.4, -0.2) is 51.3 Å². The average Bonchev–Trinajstić information content (AvgIpc) is 2.84. The first-order chi connectivity index (χ1) is 18.5. The van der Waals surface area contributed by atoms with Crippen LogP contribution in [0.4, 0.5) is 28.4 Å². The molecule has 0 spiro atoms. The third-order valence-electron chi connectivity index (χ3n) is 5.26. The number of rotatable bonds is 13. The number of benzene rings is 3. The van der Waals surface area contributed by atoms with Gasteiger partial charge in [-0.15, -0.1) is 0 Å². The van der Waals surface area contributed by atoms with Gasteiger partial charge in [0.25, 0.3) is 30.4 Å². The third kappa shape index (κ3) is 8.86. The molecule has 0 aliphatic carbocycles. The molecule has 18 heteroatoms. The Hall–Kier alpha value is -3.81. The Labute approximate surface area is 230 Å². The molecule has 3 aromatic carbocycles. The summed E-state index contributed by atoms with van der Waals surface area (Å²) in [6.45, 7) is 1.67. The van der Waals surface area contributed by atoms with E-state index in [0.29, 0.717) is 16.9 Å². The molecule has 40 heavy (non-hydrogen) atoms. The predicted molar refractivity (Wildman–Crippen MR) is 149 cm³/mol. The monoisotopic (exact) mass is 617 g/mol. The van der Waals surface area contributed by atoms with E-state index in [-0.39, 0.29) is 40.7 Å². The Morgan fingerprint density at radius 2 is 1.35 bits per heavy atom. The van der Waals surface area contributed by atoms with E-state index in [1.807, 2.05) is 0 Å². The summed E-state index contributed by atoms with van der Waals surface area (Å²) in [7, 11) is -13.2. The lowest BCUT2D eigenvalue weighted by molar-refractivity contribution is 0.318. The van der Waals surface area contributed by atoms with Crippen LogP contribution in [-0.2, 0) is 30.4 Å². The van der Waals surface area contributed by atoms with Crippen LogP contribution in [0.1, 0.15) is 12.0 Å². The van der Waals surface area contributed by atoms with E-state index in [9.17, 15) is 29.8 Å². The molecule has 0 amide bonds. The van der Waals surface area contributed by atoms with Crippen LogP contribution in [0, 0.1) is 6.92 Å². The minimum Gasteiger partial charge on any atom is -0.491 e. The highest BCUT2D eigenvalue weighted by atomic mass is 32.2. The molecule has 218 valence electrons. The lowest BCUT2D eigenvalue weighted by atomic mass is 10.1. The summed E-state index contributed by atoms with van der Waals surface area (Å²) in [5.41, 5.74) is 18.9. The lowest BCUT2D eigenvalue weighted by Gasteiger charge is -2.18. The zero-order chi connectivity index (χ0) is 29.7. The van der Waals surface area contributed by atoms with E-state index < -0.39 is 41.0 Å². The van der Waals surface area contributed by atoms with Gasteiger partial charge in [-0.05, 0) is 67.4 Å². The number of anilines is 5. The van der Waals surface area contributed by atoms with Crippen molar-refractivity contribution in [2.75, 3.05) is 39.8 Å². The fourth-order valence-corrected chi connectivity index (χ4v) is 4.94. The summed E-state index contributed by atoms with van der Waals surface area (Å²) < 4.78 is 101. The summed E-state index contributed by atoms with van der Waals surface area (Å²) in [4.78, 5) is -0.787. The normalized spacial score (nSPS) is 12.0. The molecule has 0 radical (unpaired) electrons. The molecule has 0 saturated heterocycles. The van der Waals surface area contributed by atoms with Crippen molar-refractivity contribution in [3.63, 3.8) is 0 Å². The van der Waals surface area contributed by atoms with Gasteiger partial charge >= 0.3 is 0 Å². The third-order valence-corrected chi connectivity index (χ3v) is 7.82. The van der Waals surface area contributed by atoms with Crippen molar-refractivity contribution < 1.29 is 43.6 Å². The topological polar surface area (TPSA) is 246 Å². The van der Waals surface area contributed by atoms with Crippen molar-refractivity contribution in [1.82, 2.24) is 0 Å². The van der Waals surface area contributed by atoms with Crippen LogP contribution in [0.25, 0.3) is 0 Å². The smallest absolute Gasteiger partial charge is 0.296 e. The van der Waals surface area contributed by atoms with Gasteiger partial charge in [0.1, 0.15) is 10.6 Å². The Morgan fingerprint density at radius 3 is 1.95 bits per heavy atom. The SMILES string of the molecule is Cc1cc(N)c(OCCCS(=O)(=O)O)cc1NNc1ccc(NNc2ccc(S(=O)(=O)O)cc2)cc1S(=O)(=O)O. The molecule has 0 aliphatic rings. The molecule has 0 heterocycles. The lowest BCUT2D eigenvalue weighted by Crippen LogP contribution is -2.15. The second-order valence-electron chi connectivity index (χ2n) is 8.38. The maximum Gasteiger partial charge on any atom is 0.296 e. The van der Waals surface area contributed by atoms with Crippen LogP contribution < -0.4 is 32.2 Å². The van der Waals surface area contributed by atoms with Gasteiger partial charge < -0.3 is 26.7 Å². The van der Waals surface area contributed by atoms with Gasteiger partial charge in [0, 0.05) is 6.07 Å². The van der Waals surface area contributed by atoms with Crippen LogP contribution in [0.15, 0.2) is 64.4 Å². The molecule has 0 aliphatic heterocycles. The Kier molecular flexibility index (Phi) is 9.33. The van der Waals surface area contributed by atoms with Gasteiger partial charge in [-0.25, -0.2) is 0 Å². The summed E-state index contributed by atoms with van der Waals surface area (Å²) in [6.07, 6.45) is 0.0238. The van der Waals surface area contributed by atoms with Crippen molar-refractivity contribution in [2.45, 2.75) is 23.1 Å². The van der Waals surface area contributed by atoms with E-state index in [0.717, 1.165) is 18.2 Å². The Morgan fingerprint density at radius 1 is 0.750 bits per heavy atom. The van der Waals surface area contributed by atoms with Gasteiger partial charge in [0.2, 0.25) is 0 Å². The largest absolute Gasteiger partial charge is 0.491 e. The number of nitrogens with two attached hydrogens (primary N) is 1. The van der Waals surface area contributed by atoms with Crippen LogP contribution in [0.3, 0.4) is 0 Å². The van der Waals surface area contributed by atoms with Crippen molar-refractivity contribution in [2.24, 2.45) is 0 Å². The molecule has 0 aromatic heterocycles. The van der Waals surface area contributed by atoms with E-state index in [1.165, 1.54) is 30.3 Å². The zero-order valence-corrected chi connectivity index (χ0v) is 23.3. The second-order valence-corrected chi connectivity index (χ2v) is 12.8. The summed E-state index contributed by atoms with van der Waals surface area (Å²) in [6, 6.07) is 12.1. The van der Waals surface area contributed by atoms with E-state index >= 15 is 0 Å². The van der Waals surface area contributed by atoms with Crippen molar-refractivity contribution in [3.8, 4) is 5.75 Å². The van der Waals surface area contributed by atoms with Crippen LogP contribution in [0.2, 0.25) is 0 Å². The van der Waals surface area contributed by atoms with Crippen molar-refractivity contribution in [1.29, 1.82) is 0 Å². The van der Waals surface area contributed by atoms with Crippen molar-refractivity contribution in [3.05, 3.63) is 60.2 Å². The van der Waals surface area contributed by atoms with Gasteiger partial charge in [0.05, 0.1) is 45.7 Å². The van der Waals surface area contributed by atoms with Gasteiger partial charge in [-0.1, -0.05) is 0 Å². The first kappa shape index (κ1) is 30.7. The van der Waals surface area contributed by atoms with Crippen molar-refractivity contribution >= 4 is 58.8 Å². The summed E-state index contributed by atoms with van der Waals surface area (Å²) in [5, 5.41) is 0. The molecule has 3 aromatic rings. The zero-order valence-electron chi connectivity index (χ0n) is 20.8. The minimum atomic E-state index is -4.70. The summed E-state index contributed by atoms with van der Waals surface area (Å²) in [5.74, 6) is -0.264. The molecule has 3 rings (SSSR count). The van der Waals surface area contributed by atoms with E-state index in [1.54, 1.807) is 13.0 Å². The second kappa shape index (κ2) is 12.1. The number of hydrogen-bond acceptors (Lipinski definition) is 12. The molecular formula is C22H27N5O10S3. The van der Waals surface area contributed by atoms with Gasteiger partial charge in [-0.2, -0.15) is 25.3 Å². The molecule has 0 atom stereocenters. The first-order valence-electron chi connectivity index (χ1n) is 11.2. The molecule has 15 nitrogen and oxygen atoms in total. The highest BCUT2D eigenvalue weighted by Crippen LogP contribution is 2.31. The van der Waals surface area contributed by atoms with Gasteiger partial charge in [0.15, 0.2) is 0 Å². The fraction of sp³-hybridized carbons (Fsp3) is 0.182. The van der Waals surface area contributed by atoms with E-state index in [4.69, 9.17) is 19.6 Å². The number of ether oxygens (including phenoxy) is 1. The highest BCUT2D eigenvalue weighted by Gasteiger charge is 2.17. The molecule has 0 unspecified atom stereocenters. The molecule has 0 fully saturated rings. The van der Waals surface area contributed by atoms with Gasteiger partial charge in [-0.3, -0.25) is 19.1 Å². The fourth-order valence-electron chi connectivity index (χ4n) is 3.30. The number of hydrazine groups is 2. The number of nitrogens with one attached hydrogen (secondary N) is 4. The molecule has 9 N–H and O–H groups in total. The maximum absolute atomic E-state index is 12.1. The predicted octanol–water partition coefficient (Wildman–Crippen LogP) is 2.61. The quantitative estimate of drug-likeness (QED) is 0.0594. The maximum atomic E-state index is 12.1. The van der Waals surface area contributed by atoms with Crippen LogP contribution in [0.5, 0.6) is 5.75 Å². The Balaban J connectivity index is 1.72. The van der Waals surface area contributed by atoms with Crippen LogP contribution >= 0.6 is 0 Å². The number of nitrogen functional groups attached to an aromatic ring is 1. The highest BCUT2D eigenvalue weighted by molar-refractivity contribution is 7.86. The molecular weight excluding hydrogens is 590 g/mol. The molecule has 0 saturated carbocycles. The average molecular weight is 618 g/mol. The summed E-state index contributed by atoms with van der Waals surface area (Å²) >= 11 is 0. The first-order valence-corrected chi connectivity index (χ1v) is 15.7. The number of hydrogen-bond donors (Lipinski definition) is 8. The number of aryl methyl sites for hydroxylation is 1. The minimum absolute atomic E-state index is 0.0163.